The molecule has 1 atom stereocenters. The lowest BCUT2D eigenvalue weighted by molar-refractivity contribution is -0.156. The van der Waals surface area contributed by atoms with E-state index in [0.29, 0.717) is 31.5 Å². The van der Waals surface area contributed by atoms with E-state index in [9.17, 15) is 27.2 Å². The van der Waals surface area contributed by atoms with E-state index in [1.165, 1.54) is 24.1 Å². The van der Waals surface area contributed by atoms with E-state index < -0.39 is 45.3 Å². The molecule has 0 spiro atoms. The van der Waals surface area contributed by atoms with Crippen molar-refractivity contribution < 1.29 is 36.7 Å². The molecule has 2 heterocycles. The van der Waals surface area contributed by atoms with Crippen LogP contribution in [0.3, 0.4) is 0 Å². The van der Waals surface area contributed by atoms with E-state index >= 15 is 0 Å². The summed E-state index contributed by atoms with van der Waals surface area (Å²) in [5.74, 6) is -2.84. The van der Waals surface area contributed by atoms with Crippen molar-refractivity contribution >= 4 is 27.9 Å². The van der Waals surface area contributed by atoms with Crippen molar-refractivity contribution in [2.45, 2.75) is 36.7 Å². The summed E-state index contributed by atoms with van der Waals surface area (Å²) in [6.45, 7) is -0.0590. The third kappa shape index (κ3) is 5.26. The SMILES string of the molecule is COC(=O)C1CCN(C(=O)COC(=O)C2Cc3ccccc3CN2S(=O)(=O)c2ccccc2F)CC1. The molecule has 0 saturated carbocycles. The van der Waals surface area contributed by atoms with Gasteiger partial charge in [-0.25, -0.2) is 12.8 Å². The van der Waals surface area contributed by atoms with Gasteiger partial charge < -0.3 is 14.4 Å². The summed E-state index contributed by atoms with van der Waals surface area (Å²) >= 11 is 0. The zero-order valence-electron chi connectivity index (χ0n) is 19.8. The van der Waals surface area contributed by atoms with Gasteiger partial charge in [0.2, 0.25) is 10.0 Å². The lowest BCUT2D eigenvalue weighted by atomic mass is 9.96. The molecule has 0 aromatic heterocycles. The van der Waals surface area contributed by atoms with Gasteiger partial charge in [-0.1, -0.05) is 36.4 Å². The summed E-state index contributed by atoms with van der Waals surface area (Å²) in [6, 6.07) is 10.8. The maximum atomic E-state index is 14.4. The molecule has 0 aliphatic carbocycles. The number of fused-ring (bicyclic) bond motifs is 1. The van der Waals surface area contributed by atoms with Gasteiger partial charge in [-0.2, -0.15) is 4.31 Å². The van der Waals surface area contributed by atoms with Gasteiger partial charge in [0.25, 0.3) is 5.91 Å². The van der Waals surface area contributed by atoms with Crippen molar-refractivity contribution in [2.75, 3.05) is 26.8 Å². The minimum absolute atomic E-state index is 0.0292. The number of esters is 2. The second-order valence-corrected chi connectivity index (χ2v) is 10.6. The Morgan fingerprint density at radius 2 is 1.61 bits per heavy atom. The number of ether oxygens (including phenoxy) is 2. The Morgan fingerprint density at radius 3 is 2.28 bits per heavy atom. The molecular weight excluding hydrogens is 491 g/mol. The molecule has 2 aliphatic heterocycles. The normalized spacial score (nSPS) is 18.8. The first-order valence-corrected chi connectivity index (χ1v) is 13.0. The monoisotopic (exact) mass is 518 g/mol. The van der Waals surface area contributed by atoms with Crippen molar-refractivity contribution in [1.29, 1.82) is 0 Å². The number of sulfonamides is 1. The average Bonchev–Trinajstić information content (AvgIpc) is 2.90. The van der Waals surface area contributed by atoms with Crippen LogP contribution in [-0.4, -0.2) is 68.3 Å². The first kappa shape index (κ1) is 25.8. The second-order valence-electron chi connectivity index (χ2n) is 8.76. The fraction of sp³-hybridized carbons (Fsp3) is 0.400. The predicted octanol–water partition coefficient (Wildman–Crippen LogP) is 1.90. The molecule has 1 saturated heterocycles. The number of carbonyl (C=O) groups is 3. The molecule has 0 radical (unpaired) electrons. The van der Waals surface area contributed by atoms with Crippen molar-refractivity contribution in [1.82, 2.24) is 9.21 Å². The van der Waals surface area contributed by atoms with Crippen LogP contribution in [0.25, 0.3) is 0 Å². The molecule has 192 valence electrons. The third-order valence-electron chi connectivity index (χ3n) is 6.62. The second kappa shape index (κ2) is 10.8. The smallest absolute Gasteiger partial charge is 0.325 e. The van der Waals surface area contributed by atoms with Crippen molar-refractivity contribution in [3.63, 3.8) is 0 Å². The quantitative estimate of drug-likeness (QED) is 0.537. The highest BCUT2D eigenvalue weighted by Gasteiger charge is 2.41. The van der Waals surface area contributed by atoms with Crippen LogP contribution < -0.4 is 0 Å². The van der Waals surface area contributed by atoms with Gasteiger partial charge in [-0.3, -0.25) is 14.4 Å². The molecule has 1 fully saturated rings. The van der Waals surface area contributed by atoms with E-state index in [1.54, 1.807) is 24.3 Å². The number of hydrogen-bond donors (Lipinski definition) is 0. The summed E-state index contributed by atoms with van der Waals surface area (Å²) in [5.41, 5.74) is 1.47. The first-order valence-electron chi connectivity index (χ1n) is 11.6. The third-order valence-corrected chi connectivity index (χ3v) is 8.51. The van der Waals surface area contributed by atoms with Crippen LogP contribution in [-0.2, 0) is 46.8 Å². The minimum Gasteiger partial charge on any atom is -0.469 e. The number of methoxy groups -OCH3 is 1. The molecule has 1 unspecified atom stereocenters. The average molecular weight is 519 g/mol. The number of amides is 1. The van der Waals surface area contributed by atoms with Crippen LogP contribution in [0.5, 0.6) is 0 Å². The minimum atomic E-state index is -4.39. The van der Waals surface area contributed by atoms with E-state index in [4.69, 9.17) is 9.47 Å². The predicted molar refractivity (Wildman–Crippen MR) is 125 cm³/mol. The summed E-state index contributed by atoms with van der Waals surface area (Å²) in [4.78, 5) is 38.4. The Bertz CT molecular complexity index is 1260. The molecule has 1 amide bonds. The lowest BCUT2D eigenvalue weighted by Gasteiger charge is -2.34. The maximum Gasteiger partial charge on any atom is 0.325 e. The van der Waals surface area contributed by atoms with Crippen LogP contribution in [0, 0.1) is 11.7 Å². The maximum absolute atomic E-state index is 14.4. The number of hydrogen-bond acceptors (Lipinski definition) is 7. The van der Waals surface area contributed by atoms with Gasteiger partial charge in [0.15, 0.2) is 6.61 Å². The molecule has 4 rings (SSSR count). The molecule has 9 nitrogen and oxygen atoms in total. The Hall–Kier alpha value is -3.31. The zero-order valence-corrected chi connectivity index (χ0v) is 20.6. The van der Waals surface area contributed by atoms with Gasteiger partial charge >= 0.3 is 11.9 Å². The van der Waals surface area contributed by atoms with E-state index in [-0.39, 0.29) is 24.9 Å². The number of nitrogens with zero attached hydrogens (tertiary/aromatic N) is 2. The van der Waals surface area contributed by atoms with E-state index in [0.717, 1.165) is 22.0 Å². The first-order chi connectivity index (χ1) is 17.2. The number of piperidine rings is 1. The topological polar surface area (TPSA) is 110 Å². The van der Waals surface area contributed by atoms with Crippen LogP contribution in [0.4, 0.5) is 4.39 Å². The highest BCUT2D eigenvalue weighted by Crippen LogP contribution is 2.30. The summed E-state index contributed by atoms with van der Waals surface area (Å²) < 4.78 is 52.2. The molecule has 36 heavy (non-hydrogen) atoms. The van der Waals surface area contributed by atoms with Crippen LogP contribution >= 0.6 is 0 Å². The van der Waals surface area contributed by atoms with Crippen molar-refractivity contribution in [2.24, 2.45) is 5.92 Å². The van der Waals surface area contributed by atoms with Crippen LogP contribution in [0.2, 0.25) is 0 Å². The standard InChI is InChI=1S/C25H27FN2O7S/c1-34-24(30)17-10-12-27(13-11-17)23(29)16-35-25(31)21-14-18-6-2-3-7-19(18)15-28(21)36(32,33)22-9-5-4-8-20(22)26/h2-9,17,21H,10-16H2,1H3. The largest absolute Gasteiger partial charge is 0.469 e. The van der Waals surface area contributed by atoms with Gasteiger partial charge in [0.05, 0.1) is 13.0 Å². The molecule has 2 aromatic rings. The van der Waals surface area contributed by atoms with Crippen molar-refractivity contribution in [3.8, 4) is 0 Å². The summed E-state index contributed by atoms with van der Waals surface area (Å²) in [7, 11) is -3.07. The van der Waals surface area contributed by atoms with Gasteiger partial charge in [-0.15, -0.1) is 0 Å². The Morgan fingerprint density at radius 1 is 0.972 bits per heavy atom. The molecule has 0 bridgehead atoms. The molecule has 2 aromatic carbocycles. The number of rotatable bonds is 6. The highest BCUT2D eigenvalue weighted by molar-refractivity contribution is 7.89. The molecule has 0 N–H and O–H groups in total. The number of benzene rings is 2. The molecule has 11 heteroatoms. The van der Waals surface area contributed by atoms with Gasteiger partial charge in [0.1, 0.15) is 16.8 Å². The van der Waals surface area contributed by atoms with Gasteiger partial charge in [0, 0.05) is 26.1 Å². The lowest BCUT2D eigenvalue weighted by Crippen LogP contribution is -2.50. The summed E-state index contributed by atoms with van der Waals surface area (Å²) in [5, 5.41) is 0. The van der Waals surface area contributed by atoms with Gasteiger partial charge in [-0.05, 0) is 36.1 Å². The zero-order chi connectivity index (χ0) is 25.9. The van der Waals surface area contributed by atoms with Crippen molar-refractivity contribution in [3.05, 3.63) is 65.5 Å². The van der Waals surface area contributed by atoms with E-state index in [1.807, 2.05) is 0 Å². The number of halogens is 1. The van der Waals surface area contributed by atoms with Crippen LogP contribution in [0.1, 0.15) is 24.0 Å². The highest BCUT2D eigenvalue weighted by atomic mass is 32.2. The molecular formula is C25H27FN2O7S. The molecule has 2 aliphatic rings. The van der Waals surface area contributed by atoms with E-state index in [2.05, 4.69) is 0 Å². The van der Waals surface area contributed by atoms with Crippen LogP contribution in [0.15, 0.2) is 53.4 Å². The summed E-state index contributed by atoms with van der Waals surface area (Å²) in [6.07, 6.45) is 0.919. The Labute approximate surface area is 208 Å². The fourth-order valence-electron chi connectivity index (χ4n) is 4.58. The number of carbonyl (C=O) groups excluding carboxylic acids is 3. The Kier molecular flexibility index (Phi) is 7.70. The fourth-order valence-corrected chi connectivity index (χ4v) is 6.21. The number of likely N-dealkylation sites (tertiary alicyclic amines) is 1. The Balaban J connectivity index is 1.48.